The van der Waals surface area contributed by atoms with Crippen LogP contribution in [-0.4, -0.2) is 39.4 Å². The third kappa shape index (κ3) is 4.16. The average molecular weight is 387 g/mol. The number of sulfonamides is 1. The molecule has 0 bridgehead atoms. The van der Waals surface area contributed by atoms with Gasteiger partial charge >= 0.3 is 0 Å². The topological polar surface area (TPSA) is 57.7 Å². The van der Waals surface area contributed by atoms with Crippen LogP contribution in [0.5, 0.6) is 0 Å². The molecule has 27 heavy (non-hydrogen) atoms. The Kier molecular flexibility index (Phi) is 5.29. The quantitative estimate of drug-likeness (QED) is 0.804. The van der Waals surface area contributed by atoms with Gasteiger partial charge in [-0.25, -0.2) is 8.42 Å². The number of rotatable bonds is 4. The van der Waals surface area contributed by atoms with Crippen molar-refractivity contribution in [1.29, 1.82) is 0 Å². The van der Waals surface area contributed by atoms with Crippen molar-refractivity contribution in [3.63, 3.8) is 0 Å². The van der Waals surface area contributed by atoms with E-state index in [2.05, 4.69) is 13.8 Å². The lowest BCUT2D eigenvalue weighted by Gasteiger charge is -2.38. The van der Waals surface area contributed by atoms with Gasteiger partial charge in [0, 0.05) is 25.7 Å². The van der Waals surface area contributed by atoms with Crippen molar-refractivity contribution in [2.24, 2.45) is 5.41 Å². The summed E-state index contributed by atoms with van der Waals surface area (Å²) in [6, 6.07) is 15.1. The highest BCUT2D eigenvalue weighted by atomic mass is 32.2. The molecule has 2 aromatic rings. The van der Waals surface area contributed by atoms with Gasteiger partial charge in [-0.3, -0.25) is 9.10 Å². The Labute approximate surface area is 161 Å². The number of carbonyl (C=O) groups excluding carboxylic acids is 1. The van der Waals surface area contributed by atoms with E-state index in [1.165, 1.54) is 11.4 Å². The average Bonchev–Trinajstić information content (AvgIpc) is 2.67. The fourth-order valence-electron chi connectivity index (χ4n) is 3.48. The van der Waals surface area contributed by atoms with Gasteiger partial charge < -0.3 is 4.90 Å². The summed E-state index contributed by atoms with van der Waals surface area (Å²) in [5, 5.41) is 0. The minimum Gasteiger partial charge on any atom is -0.338 e. The molecule has 0 N–H and O–H groups in total. The molecular weight excluding hydrogens is 360 g/mol. The molecule has 1 saturated heterocycles. The zero-order valence-corrected chi connectivity index (χ0v) is 16.9. The molecule has 0 radical (unpaired) electrons. The van der Waals surface area contributed by atoms with E-state index in [-0.39, 0.29) is 16.2 Å². The molecule has 3 rings (SSSR count). The molecule has 1 fully saturated rings. The van der Waals surface area contributed by atoms with Crippen molar-refractivity contribution in [2.45, 2.75) is 31.6 Å². The largest absolute Gasteiger partial charge is 0.338 e. The van der Waals surface area contributed by atoms with Crippen molar-refractivity contribution in [2.75, 3.05) is 24.4 Å². The Morgan fingerprint density at radius 3 is 2.26 bits per heavy atom. The molecule has 0 atom stereocenters. The highest BCUT2D eigenvalue weighted by Gasteiger charge is 2.29. The number of piperidine rings is 1. The van der Waals surface area contributed by atoms with Gasteiger partial charge in [0.25, 0.3) is 15.9 Å². The Morgan fingerprint density at radius 2 is 1.67 bits per heavy atom. The molecule has 1 amide bonds. The van der Waals surface area contributed by atoms with Crippen LogP contribution in [0, 0.1) is 5.41 Å². The van der Waals surface area contributed by atoms with Gasteiger partial charge in [-0.1, -0.05) is 32.0 Å². The summed E-state index contributed by atoms with van der Waals surface area (Å²) >= 11 is 0. The lowest BCUT2D eigenvalue weighted by molar-refractivity contribution is 0.0583. The second-order valence-electron chi connectivity index (χ2n) is 7.83. The first-order valence-electron chi connectivity index (χ1n) is 9.14. The number of carbonyl (C=O) groups is 1. The predicted molar refractivity (Wildman–Crippen MR) is 107 cm³/mol. The lowest BCUT2D eigenvalue weighted by Crippen LogP contribution is -2.43. The number of likely N-dealkylation sites (tertiary alicyclic amines) is 1. The van der Waals surface area contributed by atoms with Crippen LogP contribution in [0.15, 0.2) is 59.5 Å². The van der Waals surface area contributed by atoms with Gasteiger partial charge in [0.1, 0.15) is 0 Å². The predicted octanol–water partition coefficient (Wildman–Crippen LogP) is 3.77. The fraction of sp³-hybridized carbons (Fsp3) is 0.381. The Morgan fingerprint density at radius 1 is 1.04 bits per heavy atom. The molecule has 1 aliphatic heterocycles. The summed E-state index contributed by atoms with van der Waals surface area (Å²) in [7, 11) is -2.10. The molecule has 0 aromatic heterocycles. The van der Waals surface area contributed by atoms with Crippen LogP contribution in [0.4, 0.5) is 5.69 Å². The van der Waals surface area contributed by atoms with Crippen molar-refractivity contribution >= 4 is 21.6 Å². The summed E-state index contributed by atoms with van der Waals surface area (Å²) in [5.74, 6) is 0.00268. The first-order chi connectivity index (χ1) is 12.7. The molecular formula is C21H26N2O3S. The molecule has 0 spiro atoms. The van der Waals surface area contributed by atoms with E-state index in [4.69, 9.17) is 0 Å². The fourth-order valence-corrected chi connectivity index (χ4v) is 4.70. The van der Waals surface area contributed by atoms with E-state index in [9.17, 15) is 13.2 Å². The smallest absolute Gasteiger partial charge is 0.264 e. The lowest BCUT2D eigenvalue weighted by atomic mass is 9.84. The maximum absolute atomic E-state index is 12.8. The van der Waals surface area contributed by atoms with Crippen molar-refractivity contribution in [1.82, 2.24) is 4.90 Å². The van der Waals surface area contributed by atoms with Crippen LogP contribution in [0.25, 0.3) is 0 Å². The monoisotopic (exact) mass is 386 g/mol. The zero-order valence-electron chi connectivity index (χ0n) is 16.1. The van der Waals surface area contributed by atoms with Crippen LogP contribution in [0.3, 0.4) is 0 Å². The number of anilines is 1. The maximum Gasteiger partial charge on any atom is 0.264 e. The number of amides is 1. The third-order valence-electron chi connectivity index (χ3n) is 5.07. The number of hydrogen-bond acceptors (Lipinski definition) is 3. The minimum absolute atomic E-state index is 0.00268. The molecule has 0 saturated carbocycles. The van der Waals surface area contributed by atoms with Gasteiger partial charge in [-0.05, 0) is 54.7 Å². The summed E-state index contributed by atoms with van der Waals surface area (Å²) in [4.78, 5) is 14.9. The first-order valence-corrected chi connectivity index (χ1v) is 10.6. The van der Waals surface area contributed by atoms with Crippen LogP contribution in [0.1, 0.15) is 37.0 Å². The number of benzene rings is 2. The van der Waals surface area contributed by atoms with Crippen LogP contribution in [0.2, 0.25) is 0 Å². The molecule has 6 heteroatoms. The summed E-state index contributed by atoms with van der Waals surface area (Å²) in [5.41, 5.74) is 1.24. The van der Waals surface area contributed by atoms with Crippen LogP contribution in [-0.2, 0) is 10.0 Å². The first kappa shape index (κ1) is 19.4. The molecule has 1 aliphatic rings. The number of nitrogens with zero attached hydrogens (tertiary/aromatic N) is 2. The molecule has 0 unspecified atom stereocenters. The van der Waals surface area contributed by atoms with E-state index >= 15 is 0 Å². The maximum atomic E-state index is 12.8. The standard InChI is InChI=1S/C21H26N2O3S/c1-21(2)14-7-15-23(16-21)20(24)17-10-12-18(13-11-17)22(3)27(25,26)19-8-5-4-6-9-19/h4-6,8-13H,7,14-16H2,1-3H3. The highest BCUT2D eigenvalue weighted by molar-refractivity contribution is 7.92. The van der Waals surface area contributed by atoms with Crippen LogP contribution >= 0.6 is 0 Å². The van der Waals surface area contributed by atoms with E-state index in [1.54, 1.807) is 54.6 Å². The Hall–Kier alpha value is -2.34. The molecule has 2 aromatic carbocycles. The van der Waals surface area contributed by atoms with Crippen molar-refractivity contribution < 1.29 is 13.2 Å². The van der Waals surface area contributed by atoms with Crippen LogP contribution < -0.4 is 4.31 Å². The molecule has 0 aliphatic carbocycles. The van der Waals surface area contributed by atoms with Crippen molar-refractivity contribution in [3.05, 3.63) is 60.2 Å². The van der Waals surface area contributed by atoms with Gasteiger partial charge in [0.15, 0.2) is 0 Å². The van der Waals surface area contributed by atoms with Gasteiger partial charge in [-0.2, -0.15) is 0 Å². The molecule has 1 heterocycles. The van der Waals surface area contributed by atoms with Gasteiger partial charge in [-0.15, -0.1) is 0 Å². The number of hydrogen-bond donors (Lipinski definition) is 0. The Balaban J connectivity index is 1.78. The minimum atomic E-state index is -3.62. The van der Waals surface area contributed by atoms with Gasteiger partial charge in [0.05, 0.1) is 10.6 Å². The summed E-state index contributed by atoms with van der Waals surface area (Å²) in [6.45, 7) is 5.88. The van der Waals surface area contributed by atoms with E-state index in [0.717, 1.165) is 25.9 Å². The molecule has 144 valence electrons. The van der Waals surface area contributed by atoms with E-state index in [0.29, 0.717) is 11.3 Å². The zero-order chi connectivity index (χ0) is 19.7. The summed E-state index contributed by atoms with van der Waals surface area (Å²) in [6.07, 6.45) is 2.13. The molecule has 5 nitrogen and oxygen atoms in total. The van der Waals surface area contributed by atoms with E-state index < -0.39 is 10.0 Å². The Bertz CT molecular complexity index is 906. The summed E-state index contributed by atoms with van der Waals surface area (Å²) < 4.78 is 26.7. The highest BCUT2D eigenvalue weighted by Crippen LogP contribution is 2.29. The SMILES string of the molecule is CN(c1ccc(C(=O)N2CCCC(C)(C)C2)cc1)S(=O)(=O)c1ccccc1. The normalized spacial score (nSPS) is 16.8. The second kappa shape index (κ2) is 7.35. The van der Waals surface area contributed by atoms with Crippen molar-refractivity contribution in [3.8, 4) is 0 Å². The third-order valence-corrected chi connectivity index (χ3v) is 6.87. The van der Waals surface area contributed by atoms with E-state index in [1.807, 2.05) is 4.90 Å². The second-order valence-corrected chi connectivity index (χ2v) is 9.80. The van der Waals surface area contributed by atoms with Gasteiger partial charge in [0.2, 0.25) is 0 Å².